The zero-order valence-electron chi connectivity index (χ0n) is 15.9. The first-order valence-electron chi connectivity index (χ1n) is 9.37. The van der Waals surface area contributed by atoms with Crippen LogP contribution in [-0.4, -0.2) is 57.5 Å². The lowest BCUT2D eigenvalue weighted by molar-refractivity contribution is 0.0360. The Morgan fingerprint density at radius 2 is 2.04 bits per heavy atom. The van der Waals surface area contributed by atoms with Crippen molar-refractivity contribution in [1.29, 1.82) is 0 Å². The molecule has 1 aliphatic heterocycles. The van der Waals surface area contributed by atoms with Gasteiger partial charge in [-0.15, -0.1) is 0 Å². The molecule has 0 aromatic carbocycles. The van der Waals surface area contributed by atoms with E-state index in [2.05, 4.69) is 20.0 Å². The van der Waals surface area contributed by atoms with Gasteiger partial charge in [-0.1, -0.05) is 0 Å². The van der Waals surface area contributed by atoms with Crippen LogP contribution in [0.1, 0.15) is 5.69 Å². The van der Waals surface area contributed by atoms with Crippen molar-refractivity contribution in [2.24, 2.45) is 0 Å². The maximum atomic E-state index is 5.96. The summed E-state index contributed by atoms with van der Waals surface area (Å²) in [6.45, 7) is 7.25. The lowest BCUT2D eigenvalue weighted by Crippen LogP contribution is -2.38. The zero-order chi connectivity index (χ0) is 19.3. The Morgan fingerprint density at radius 3 is 2.86 bits per heavy atom. The van der Waals surface area contributed by atoms with Crippen LogP contribution in [0.2, 0.25) is 0 Å². The number of nitrogen functional groups attached to an aromatic ring is 1. The second-order valence-electron chi connectivity index (χ2n) is 6.74. The standard InChI is InChI=1S/C20H24N6O2/c1-15-19(2-3-20(21)24-15)28-17-4-5-22-18(12-17)16-13-23-26(14-16)7-6-25-8-10-27-11-9-25/h2-5,12-14H,6-11H2,1H3,(H2,21,24). The average Bonchev–Trinajstić information content (AvgIpc) is 3.19. The topological polar surface area (TPSA) is 91.3 Å². The summed E-state index contributed by atoms with van der Waals surface area (Å²) in [7, 11) is 0. The highest BCUT2D eigenvalue weighted by Crippen LogP contribution is 2.27. The second-order valence-corrected chi connectivity index (χ2v) is 6.74. The number of anilines is 1. The Balaban J connectivity index is 1.43. The number of morpholine rings is 1. The van der Waals surface area contributed by atoms with Crippen molar-refractivity contribution < 1.29 is 9.47 Å². The third-order valence-electron chi connectivity index (χ3n) is 4.70. The molecule has 1 aliphatic rings. The summed E-state index contributed by atoms with van der Waals surface area (Å²) in [6, 6.07) is 7.27. The van der Waals surface area contributed by atoms with E-state index >= 15 is 0 Å². The summed E-state index contributed by atoms with van der Waals surface area (Å²) < 4.78 is 13.3. The molecular weight excluding hydrogens is 356 g/mol. The number of rotatable bonds is 6. The maximum absolute atomic E-state index is 5.96. The highest BCUT2D eigenvalue weighted by molar-refractivity contribution is 5.59. The molecule has 0 amide bonds. The predicted molar refractivity (Wildman–Crippen MR) is 106 cm³/mol. The van der Waals surface area contributed by atoms with Crippen LogP contribution in [0.25, 0.3) is 11.3 Å². The van der Waals surface area contributed by atoms with Crippen molar-refractivity contribution in [2.75, 3.05) is 38.6 Å². The summed E-state index contributed by atoms with van der Waals surface area (Å²) >= 11 is 0. The molecule has 0 bridgehead atoms. The summed E-state index contributed by atoms with van der Waals surface area (Å²) in [5, 5.41) is 4.47. The third-order valence-corrected chi connectivity index (χ3v) is 4.70. The van der Waals surface area contributed by atoms with Crippen LogP contribution in [-0.2, 0) is 11.3 Å². The number of aromatic nitrogens is 4. The van der Waals surface area contributed by atoms with Gasteiger partial charge in [0, 0.05) is 43.7 Å². The number of ether oxygens (including phenoxy) is 2. The van der Waals surface area contributed by atoms with Crippen molar-refractivity contribution in [3.05, 3.63) is 48.5 Å². The summed E-state index contributed by atoms with van der Waals surface area (Å²) in [5.41, 5.74) is 8.22. The van der Waals surface area contributed by atoms with E-state index in [1.807, 2.05) is 42.2 Å². The lowest BCUT2D eigenvalue weighted by atomic mass is 10.2. The molecule has 0 unspecified atom stereocenters. The highest BCUT2D eigenvalue weighted by Gasteiger charge is 2.11. The van der Waals surface area contributed by atoms with Crippen LogP contribution in [0.15, 0.2) is 42.9 Å². The number of aryl methyl sites for hydroxylation is 1. The van der Waals surface area contributed by atoms with Crippen molar-refractivity contribution in [2.45, 2.75) is 13.5 Å². The van der Waals surface area contributed by atoms with E-state index in [4.69, 9.17) is 15.2 Å². The Hall–Kier alpha value is -2.97. The minimum absolute atomic E-state index is 0.477. The molecule has 1 saturated heterocycles. The molecule has 0 aliphatic carbocycles. The van der Waals surface area contributed by atoms with E-state index < -0.39 is 0 Å². The van der Waals surface area contributed by atoms with Gasteiger partial charge in [-0.2, -0.15) is 5.10 Å². The van der Waals surface area contributed by atoms with Gasteiger partial charge >= 0.3 is 0 Å². The van der Waals surface area contributed by atoms with E-state index in [-0.39, 0.29) is 0 Å². The minimum atomic E-state index is 0.477. The van der Waals surface area contributed by atoms with Gasteiger partial charge < -0.3 is 15.2 Å². The molecule has 3 aromatic rings. The molecule has 1 fully saturated rings. The maximum Gasteiger partial charge on any atom is 0.148 e. The lowest BCUT2D eigenvalue weighted by Gasteiger charge is -2.26. The highest BCUT2D eigenvalue weighted by atomic mass is 16.5. The van der Waals surface area contributed by atoms with E-state index in [1.54, 1.807) is 12.3 Å². The summed E-state index contributed by atoms with van der Waals surface area (Å²) in [4.78, 5) is 11.1. The molecule has 4 rings (SSSR count). The van der Waals surface area contributed by atoms with Crippen molar-refractivity contribution in [3.8, 4) is 22.8 Å². The van der Waals surface area contributed by atoms with E-state index in [9.17, 15) is 0 Å². The van der Waals surface area contributed by atoms with Crippen LogP contribution < -0.4 is 10.5 Å². The van der Waals surface area contributed by atoms with Crippen LogP contribution in [0.4, 0.5) is 5.82 Å². The van der Waals surface area contributed by atoms with Crippen molar-refractivity contribution >= 4 is 5.82 Å². The number of hydrogen-bond donors (Lipinski definition) is 1. The minimum Gasteiger partial charge on any atom is -0.455 e. The van der Waals surface area contributed by atoms with Crippen LogP contribution in [0.3, 0.4) is 0 Å². The Labute approximate surface area is 163 Å². The van der Waals surface area contributed by atoms with Gasteiger partial charge in [0.2, 0.25) is 0 Å². The van der Waals surface area contributed by atoms with Crippen LogP contribution >= 0.6 is 0 Å². The van der Waals surface area contributed by atoms with Crippen molar-refractivity contribution in [1.82, 2.24) is 24.6 Å². The van der Waals surface area contributed by atoms with E-state index in [0.29, 0.717) is 17.3 Å². The zero-order valence-corrected chi connectivity index (χ0v) is 15.9. The fourth-order valence-electron chi connectivity index (χ4n) is 3.12. The second kappa shape index (κ2) is 8.37. The van der Waals surface area contributed by atoms with Gasteiger partial charge in [-0.05, 0) is 25.1 Å². The van der Waals surface area contributed by atoms with Gasteiger partial charge in [0.05, 0.1) is 37.3 Å². The van der Waals surface area contributed by atoms with Gasteiger partial charge in [-0.3, -0.25) is 14.6 Å². The normalized spacial score (nSPS) is 14.9. The van der Waals surface area contributed by atoms with Gasteiger partial charge in [0.25, 0.3) is 0 Å². The summed E-state index contributed by atoms with van der Waals surface area (Å²) in [5.74, 6) is 1.85. The number of nitrogens with zero attached hydrogens (tertiary/aromatic N) is 5. The SMILES string of the molecule is Cc1nc(N)ccc1Oc1ccnc(-c2cnn(CCN3CCOCC3)c2)c1. The Kier molecular flexibility index (Phi) is 5.50. The number of hydrogen-bond acceptors (Lipinski definition) is 7. The number of pyridine rings is 2. The molecule has 0 radical (unpaired) electrons. The monoisotopic (exact) mass is 380 g/mol. The first-order valence-corrected chi connectivity index (χ1v) is 9.37. The molecule has 28 heavy (non-hydrogen) atoms. The molecular formula is C20H24N6O2. The molecule has 0 atom stereocenters. The molecule has 4 heterocycles. The first kappa shape index (κ1) is 18.4. The molecule has 3 aromatic heterocycles. The Bertz CT molecular complexity index is 936. The van der Waals surface area contributed by atoms with Gasteiger partial charge in [0.15, 0.2) is 0 Å². The van der Waals surface area contributed by atoms with Crippen molar-refractivity contribution in [3.63, 3.8) is 0 Å². The molecule has 8 heteroatoms. The quantitative estimate of drug-likeness (QED) is 0.702. The largest absolute Gasteiger partial charge is 0.455 e. The molecule has 8 nitrogen and oxygen atoms in total. The Morgan fingerprint density at radius 1 is 1.18 bits per heavy atom. The van der Waals surface area contributed by atoms with Crippen LogP contribution in [0, 0.1) is 6.92 Å². The fourth-order valence-corrected chi connectivity index (χ4v) is 3.12. The number of nitrogens with two attached hydrogens (primary N) is 1. The first-order chi connectivity index (χ1) is 13.7. The smallest absolute Gasteiger partial charge is 0.148 e. The average molecular weight is 380 g/mol. The molecule has 0 saturated carbocycles. The molecule has 146 valence electrons. The third kappa shape index (κ3) is 4.47. The fraction of sp³-hybridized carbons (Fsp3) is 0.350. The molecule has 0 spiro atoms. The predicted octanol–water partition coefficient (Wildman–Crippen LogP) is 2.36. The van der Waals surface area contributed by atoms with E-state index in [0.717, 1.165) is 56.3 Å². The van der Waals surface area contributed by atoms with Crippen LogP contribution in [0.5, 0.6) is 11.5 Å². The van der Waals surface area contributed by atoms with E-state index in [1.165, 1.54) is 0 Å². The van der Waals surface area contributed by atoms with Gasteiger partial charge in [0.1, 0.15) is 17.3 Å². The molecule has 2 N–H and O–H groups in total. The van der Waals surface area contributed by atoms with Gasteiger partial charge in [-0.25, -0.2) is 4.98 Å². The summed E-state index contributed by atoms with van der Waals surface area (Å²) in [6.07, 6.45) is 5.58.